The number of thiophene rings is 1. The molecule has 0 amide bonds. The van der Waals surface area contributed by atoms with Crippen LogP contribution in [0.4, 0.5) is 0 Å². The van der Waals surface area contributed by atoms with Gasteiger partial charge in [0.2, 0.25) is 0 Å². The summed E-state index contributed by atoms with van der Waals surface area (Å²) in [6.07, 6.45) is 4.11. The average molecular weight is 454 g/mol. The summed E-state index contributed by atoms with van der Waals surface area (Å²) in [5.74, 6) is 1.82. The van der Waals surface area contributed by atoms with Crippen molar-refractivity contribution < 1.29 is 19.0 Å². The molecule has 4 aromatic rings. The van der Waals surface area contributed by atoms with Gasteiger partial charge in [0.05, 0.1) is 38.0 Å². The first-order chi connectivity index (χ1) is 15.5. The van der Waals surface area contributed by atoms with Crippen molar-refractivity contribution in [2.75, 3.05) is 14.2 Å². The number of benzene rings is 1. The van der Waals surface area contributed by atoms with Crippen molar-refractivity contribution >= 4 is 33.4 Å². The zero-order chi connectivity index (χ0) is 22.3. The van der Waals surface area contributed by atoms with Crippen LogP contribution in [0.2, 0.25) is 0 Å². The fourth-order valence-electron chi connectivity index (χ4n) is 3.77. The maximum Gasteiger partial charge on any atom is 0.192 e. The predicted octanol–water partition coefficient (Wildman–Crippen LogP) is 3.76. The lowest BCUT2D eigenvalue weighted by molar-refractivity contribution is -0.0379. The molecule has 4 heterocycles. The van der Waals surface area contributed by atoms with Crippen LogP contribution in [0.3, 0.4) is 0 Å². The Bertz CT molecular complexity index is 1330. The summed E-state index contributed by atoms with van der Waals surface area (Å²) in [7, 11) is 3.19. The lowest BCUT2D eigenvalue weighted by atomic mass is 9.94. The average Bonchev–Trinajstić information content (AvgIpc) is 3.36. The predicted molar refractivity (Wildman–Crippen MR) is 121 cm³/mol. The van der Waals surface area contributed by atoms with Crippen molar-refractivity contribution in [3.63, 3.8) is 0 Å². The van der Waals surface area contributed by atoms with E-state index in [0.29, 0.717) is 23.9 Å². The van der Waals surface area contributed by atoms with E-state index in [0.717, 1.165) is 27.8 Å². The molecular weight excluding hydrogens is 430 g/mol. The number of aromatic nitrogens is 4. The van der Waals surface area contributed by atoms with Gasteiger partial charge in [0.25, 0.3) is 0 Å². The summed E-state index contributed by atoms with van der Waals surface area (Å²) >= 11 is 1.66. The van der Waals surface area contributed by atoms with Crippen molar-refractivity contribution in [3.8, 4) is 11.5 Å². The summed E-state index contributed by atoms with van der Waals surface area (Å²) < 4.78 is 18.2. The van der Waals surface area contributed by atoms with E-state index in [1.165, 1.54) is 10.4 Å². The molecular formula is C22H23N5O4S. The summed E-state index contributed by atoms with van der Waals surface area (Å²) in [6.45, 7) is 4.96. The monoisotopic (exact) mass is 453 g/mol. The Balaban J connectivity index is 1.36. The van der Waals surface area contributed by atoms with Gasteiger partial charge in [-0.05, 0) is 37.6 Å². The molecule has 10 heteroatoms. The molecule has 0 N–H and O–H groups in total. The first-order valence-electron chi connectivity index (χ1n) is 10.1. The largest absolute Gasteiger partial charge is 0.493 e. The van der Waals surface area contributed by atoms with Gasteiger partial charge in [0.15, 0.2) is 29.6 Å². The first-order valence-corrected chi connectivity index (χ1v) is 10.9. The van der Waals surface area contributed by atoms with Crippen molar-refractivity contribution in [1.82, 2.24) is 19.6 Å². The number of oxime groups is 1. The number of nitrogens with zero attached hydrogens (tertiary/aromatic N) is 5. The van der Waals surface area contributed by atoms with Gasteiger partial charge < -0.3 is 19.0 Å². The third kappa shape index (κ3) is 3.76. The SMILES string of the molecule is COc1ccc(C=NOCc2nc3c4c5c(sc4ncn3n2)COC(C)(C)C5)cc1OC. The van der Waals surface area contributed by atoms with Crippen molar-refractivity contribution in [2.24, 2.45) is 5.16 Å². The highest BCUT2D eigenvalue weighted by molar-refractivity contribution is 7.19. The van der Waals surface area contributed by atoms with Gasteiger partial charge in [-0.2, -0.15) is 0 Å². The molecule has 5 rings (SSSR count). The molecule has 166 valence electrons. The zero-order valence-electron chi connectivity index (χ0n) is 18.3. The van der Waals surface area contributed by atoms with Crippen LogP contribution < -0.4 is 9.47 Å². The van der Waals surface area contributed by atoms with E-state index < -0.39 is 0 Å². The lowest BCUT2D eigenvalue weighted by Gasteiger charge is -2.30. The third-order valence-corrected chi connectivity index (χ3v) is 6.44. The molecule has 3 aromatic heterocycles. The smallest absolute Gasteiger partial charge is 0.192 e. The maximum atomic E-state index is 5.96. The van der Waals surface area contributed by atoms with Crippen LogP contribution in [0, 0.1) is 0 Å². The van der Waals surface area contributed by atoms with Crippen molar-refractivity contribution in [1.29, 1.82) is 0 Å². The number of hydrogen-bond donors (Lipinski definition) is 0. The molecule has 1 aromatic carbocycles. The van der Waals surface area contributed by atoms with E-state index in [9.17, 15) is 0 Å². The number of methoxy groups -OCH3 is 2. The fraction of sp³-hybridized carbons (Fsp3) is 0.364. The summed E-state index contributed by atoms with van der Waals surface area (Å²) in [5, 5.41) is 9.59. The molecule has 0 atom stereocenters. The Hall–Kier alpha value is -3.24. The highest BCUT2D eigenvalue weighted by Crippen LogP contribution is 2.39. The second-order valence-corrected chi connectivity index (χ2v) is 9.16. The minimum atomic E-state index is -0.210. The quantitative estimate of drug-likeness (QED) is 0.324. The molecule has 0 fully saturated rings. The summed E-state index contributed by atoms with van der Waals surface area (Å²) in [5.41, 5.74) is 2.66. The van der Waals surface area contributed by atoms with E-state index in [-0.39, 0.29) is 12.2 Å². The maximum absolute atomic E-state index is 5.96. The molecule has 0 bridgehead atoms. The van der Waals surface area contributed by atoms with Gasteiger partial charge in [-0.1, -0.05) is 5.16 Å². The van der Waals surface area contributed by atoms with Crippen LogP contribution in [0.15, 0.2) is 29.7 Å². The normalized spacial score (nSPS) is 15.4. The minimum Gasteiger partial charge on any atom is -0.493 e. The third-order valence-electron chi connectivity index (χ3n) is 5.33. The van der Waals surface area contributed by atoms with Crippen LogP contribution in [-0.2, 0) is 29.2 Å². The van der Waals surface area contributed by atoms with Gasteiger partial charge in [-0.25, -0.2) is 14.5 Å². The number of ether oxygens (including phenoxy) is 3. The Kier molecular flexibility index (Phi) is 5.18. The molecule has 32 heavy (non-hydrogen) atoms. The van der Waals surface area contributed by atoms with Gasteiger partial charge in [-0.3, -0.25) is 0 Å². The van der Waals surface area contributed by atoms with Crippen molar-refractivity contribution in [2.45, 2.75) is 39.1 Å². The Labute approximate surface area is 188 Å². The van der Waals surface area contributed by atoms with Gasteiger partial charge >= 0.3 is 0 Å². The summed E-state index contributed by atoms with van der Waals surface area (Å²) in [4.78, 5) is 16.9. The highest BCUT2D eigenvalue weighted by Gasteiger charge is 2.30. The van der Waals surface area contributed by atoms with Gasteiger partial charge in [-0.15, -0.1) is 16.4 Å². The van der Waals surface area contributed by atoms with E-state index in [4.69, 9.17) is 24.0 Å². The second-order valence-electron chi connectivity index (χ2n) is 8.07. The van der Waals surface area contributed by atoms with Gasteiger partial charge in [0, 0.05) is 16.9 Å². The Morgan fingerprint density at radius 1 is 1.25 bits per heavy atom. The Morgan fingerprint density at radius 3 is 2.91 bits per heavy atom. The standard InChI is InChI=1S/C22H23N5O4S/c1-22(2)8-14-17(10-30-22)32-21-19(14)20-25-18(26-27(20)12-23-21)11-31-24-9-13-5-6-15(28-3)16(7-13)29-4/h5-7,9,12H,8,10-11H2,1-4H3. The molecule has 1 aliphatic rings. The first kappa shape index (κ1) is 20.7. The van der Waals surface area contributed by atoms with Crippen LogP contribution >= 0.6 is 11.3 Å². The molecule has 0 aliphatic carbocycles. The van der Waals surface area contributed by atoms with E-state index in [1.54, 1.807) is 42.6 Å². The van der Waals surface area contributed by atoms with Crippen molar-refractivity contribution in [3.05, 3.63) is 46.4 Å². The topological polar surface area (TPSA) is 92.4 Å². The van der Waals surface area contributed by atoms with E-state index in [1.807, 2.05) is 18.2 Å². The fourth-order valence-corrected chi connectivity index (χ4v) is 4.84. The molecule has 0 unspecified atom stereocenters. The van der Waals surface area contributed by atoms with Crippen LogP contribution in [0.5, 0.6) is 11.5 Å². The van der Waals surface area contributed by atoms with Crippen LogP contribution in [-0.4, -0.2) is 45.6 Å². The number of rotatable bonds is 6. The molecule has 0 spiro atoms. The number of fused-ring (bicyclic) bond motifs is 5. The minimum absolute atomic E-state index is 0.147. The van der Waals surface area contributed by atoms with Crippen LogP contribution in [0.1, 0.15) is 35.7 Å². The number of hydrogen-bond acceptors (Lipinski definition) is 9. The molecule has 0 saturated carbocycles. The van der Waals surface area contributed by atoms with E-state index in [2.05, 4.69) is 29.1 Å². The van der Waals surface area contributed by atoms with E-state index >= 15 is 0 Å². The molecule has 0 saturated heterocycles. The highest BCUT2D eigenvalue weighted by atomic mass is 32.1. The zero-order valence-corrected chi connectivity index (χ0v) is 19.1. The van der Waals surface area contributed by atoms with Crippen LogP contribution in [0.25, 0.3) is 15.9 Å². The van der Waals surface area contributed by atoms with Gasteiger partial charge in [0.1, 0.15) is 11.2 Å². The second kappa shape index (κ2) is 8.03. The lowest BCUT2D eigenvalue weighted by Crippen LogP contribution is -2.31. The molecule has 1 aliphatic heterocycles. The summed E-state index contributed by atoms with van der Waals surface area (Å²) in [6, 6.07) is 5.50. The molecule has 0 radical (unpaired) electrons. The Morgan fingerprint density at radius 2 is 2.09 bits per heavy atom. The molecule has 9 nitrogen and oxygen atoms in total.